The van der Waals surface area contributed by atoms with E-state index >= 15 is 0 Å². The van der Waals surface area contributed by atoms with Crippen molar-refractivity contribution in [3.63, 3.8) is 0 Å². The van der Waals surface area contributed by atoms with E-state index < -0.39 is 5.97 Å². The number of nitrogens with one attached hydrogen (secondary N) is 1. The van der Waals surface area contributed by atoms with Crippen molar-refractivity contribution in [1.29, 1.82) is 0 Å². The highest BCUT2D eigenvalue weighted by molar-refractivity contribution is 5.86. The molecule has 1 fully saturated rings. The number of hydrogen-bond acceptors (Lipinski definition) is 2. The number of carboxylic acids is 1. The lowest BCUT2D eigenvalue weighted by Gasteiger charge is -2.08. The second-order valence-corrected chi connectivity index (χ2v) is 3.23. The Morgan fingerprint density at radius 1 is 1.64 bits per heavy atom. The molecular formula is C8H11NO2. The fourth-order valence-corrected chi connectivity index (χ4v) is 1.96. The zero-order valence-electron chi connectivity index (χ0n) is 6.21. The monoisotopic (exact) mass is 153 g/mol. The average Bonchev–Trinajstić information content (AvgIpc) is 2.40. The minimum atomic E-state index is -0.820. The molecule has 0 amide bonds. The van der Waals surface area contributed by atoms with Crippen LogP contribution in [0.5, 0.6) is 0 Å². The van der Waals surface area contributed by atoms with Gasteiger partial charge < -0.3 is 10.4 Å². The predicted octanol–water partition coefficient (Wildman–Crippen LogP) is 0.727. The molecule has 2 unspecified atom stereocenters. The first-order chi connectivity index (χ1) is 5.27. The maximum absolute atomic E-state index is 10.5. The van der Waals surface area contributed by atoms with Gasteiger partial charge in [0, 0.05) is 6.04 Å². The zero-order chi connectivity index (χ0) is 7.84. The topological polar surface area (TPSA) is 49.3 Å². The van der Waals surface area contributed by atoms with E-state index in [2.05, 4.69) is 5.32 Å². The van der Waals surface area contributed by atoms with Crippen molar-refractivity contribution in [3.05, 3.63) is 11.8 Å². The summed E-state index contributed by atoms with van der Waals surface area (Å²) in [5, 5.41) is 11.7. The van der Waals surface area contributed by atoms with Crippen molar-refractivity contribution >= 4 is 5.97 Å². The van der Waals surface area contributed by atoms with E-state index in [1.165, 1.54) is 6.42 Å². The number of hydrogen-bond donors (Lipinski definition) is 2. The second-order valence-electron chi connectivity index (χ2n) is 3.23. The van der Waals surface area contributed by atoms with Crippen LogP contribution in [-0.2, 0) is 4.79 Å². The lowest BCUT2D eigenvalue weighted by Crippen LogP contribution is -2.26. The number of rotatable bonds is 1. The van der Waals surface area contributed by atoms with Gasteiger partial charge in [-0.1, -0.05) is 6.42 Å². The summed E-state index contributed by atoms with van der Waals surface area (Å²) in [6, 6.07) is 0.418. The first-order valence-electron chi connectivity index (χ1n) is 3.99. The first kappa shape index (κ1) is 6.70. The van der Waals surface area contributed by atoms with E-state index in [9.17, 15) is 4.79 Å². The van der Waals surface area contributed by atoms with Gasteiger partial charge in [0.15, 0.2) is 0 Å². The summed E-state index contributed by atoms with van der Waals surface area (Å²) in [4.78, 5) is 10.5. The van der Waals surface area contributed by atoms with Crippen molar-refractivity contribution in [2.24, 2.45) is 5.92 Å². The minimum Gasteiger partial charge on any atom is -0.477 e. The van der Waals surface area contributed by atoms with E-state index in [0.717, 1.165) is 12.8 Å². The molecule has 0 saturated heterocycles. The molecule has 0 aromatic rings. The van der Waals surface area contributed by atoms with Gasteiger partial charge in [0.05, 0.1) is 0 Å². The molecule has 1 aliphatic carbocycles. The van der Waals surface area contributed by atoms with Gasteiger partial charge in [-0.3, -0.25) is 0 Å². The van der Waals surface area contributed by atoms with E-state index in [1.807, 2.05) is 6.08 Å². The molecule has 2 N–H and O–H groups in total. The zero-order valence-corrected chi connectivity index (χ0v) is 6.21. The Balaban J connectivity index is 2.13. The molecule has 0 aromatic carbocycles. The van der Waals surface area contributed by atoms with Crippen molar-refractivity contribution in [1.82, 2.24) is 5.32 Å². The normalized spacial score (nSPS) is 34.4. The fraction of sp³-hybridized carbons (Fsp3) is 0.625. The fourth-order valence-electron chi connectivity index (χ4n) is 1.96. The highest BCUT2D eigenvalue weighted by Crippen LogP contribution is 2.32. The van der Waals surface area contributed by atoms with Gasteiger partial charge in [-0.05, 0) is 24.8 Å². The SMILES string of the molecule is O=C(O)C1=CC2CCCC2N1. The maximum atomic E-state index is 10.5. The van der Waals surface area contributed by atoms with Crippen LogP contribution in [0.25, 0.3) is 0 Å². The molecule has 0 bridgehead atoms. The van der Waals surface area contributed by atoms with E-state index in [-0.39, 0.29) is 0 Å². The lowest BCUT2D eigenvalue weighted by molar-refractivity contribution is -0.133. The summed E-state index contributed by atoms with van der Waals surface area (Å²) in [6.45, 7) is 0. The summed E-state index contributed by atoms with van der Waals surface area (Å²) in [6.07, 6.45) is 5.36. The summed E-state index contributed by atoms with van der Waals surface area (Å²) >= 11 is 0. The maximum Gasteiger partial charge on any atom is 0.351 e. The molecule has 60 valence electrons. The number of carbonyl (C=O) groups is 1. The Morgan fingerprint density at radius 3 is 3.09 bits per heavy atom. The Kier molecular flexibility index (Phi) is 1.37. The van der Waals surface area contributed by atoms with Gasteiger partial charge >= 0.3 is 5.97 Å². The molecule has 0 radical (unpaired) electrons. The van der Waals surface area contributed by atoms with Gasteiger partial charge in [0.1, 0.15) is 5.70 Å². The predicted molar refractivity (Wildman–Crippen MR) is 40.0 cm³/mol. The van der Waals surface area contributed by atoms with Crippen LogP contribution in [0.15, 0.2) is 11.8 Å². The van der Waals surface area contributed by atoms with Crippen LogP contribution in [-0.4, -0.2) is 17.1 Å². The third-order valence-electron chi connectivity index (χ3n) is 2.52. The van der Waals surface area contributed by atoms with E-state index in [4.69, 9.17) is 5.11 Å². The van der Waals surface area contributed by atoms with Gasteiger partial charge in [0.25, 0.3) is 0 Å². The van der Waals surface area contributed by atoms with Crippen LogP contribution in [0.4, 0.5) is 0 Å². The number of fused-ring (bicyclic) bond motifs is 1. The van der Waals surface area contributed by atoms with Crippen LogP contribution in [0.1, 0.15) is 19.3 Å². The third-order valence-corrected chi connectivity index (χ3v) is 2.52. The van der Waals surface area contributed by atoms with Crippen LogP contribution < -0.4 is 5.32 Å². The second kappa shape index (κ2) is 2.26. The summed E-state index contributed by atoms with van der Waals surface area (Å²) in [5.74, 6) is -0.333. The highest BCUT2D eigenvalue weighted by atomic mass is 16.4. The molecular weight excluding hydrogens is 142 g/mol. The van der Waals surface area contributed by atoms with Crippen LogP contribution in [0.3, 0.4) is 0 Å². The van der Waals surface area contributed by atoms with Gasteiger partial charge in [0.2, 0.25) is 0 Å². The molecule has 2 atom stereocenters. The number of carboxylic acid groups (broad SMARTS) is 1. The Labute approximate surface area is 65.1 Å². The van der Waals surface area contributed by atoms with Crippen LogP contribution in [0, 0.1) is 5.92 Å². The number of aliphatic carboxylic acids is 1. The highest BCUT2D eigenvalue weighted by Gasteiger charge is 2.33. The summed E-state index contributed by atoms with van der Waals surface area (Å²) < 4.78 is 0. The standard InChI is InChI=1S/C8H11NO2/c10-8(11)7-4-5-2-1-3-6(5)9-7/h4-6,9H,1-3H2,(H,10,11). The lowest BCUT2D eigenvalue weighted by atomic mass is 10.1. The summed E-state index contributed by atoms with van der Waals surface area (Å²) in [5.41, 5.74) is 0.403. The molecule has 0 spiro atoms. The molecule has 3 nitrogen and oxygen atoms in total. The van der Waals surface area contributed by atoms with Gasteiger partial charge in [-0.2, -0.15) is 0 Å². The van der Waals surface area contributed by atoms with Crippen LogP contribution in [0.2, 0.25) is 0 Å². The van der Waals surface area contributed by atoms with E-state index in [0.29, 0.717) is 17.7 Å². The molecule has 2 aliphatic rings. The largest absolute Gasteiger partial charge is 0.477 e. The van der Waals surface area contributed by atoms with Gasteiger partial charge in [-0.25, -0.2) is 4.79 Å². The Morgan fingerprint density at radius 2 is 2.45 bits per heavy atom. The molecule has 11 heavy (non-hydrogen) atoms. The molecule has 2 rings (SSSR count). The molecule has 0 aromatic heterocycles. The van der Waals surface area contributed by atoms with Crippen molar-refractivity contribution in [2.75, 3.05) is 0 Å². The molecule has 1 saturated carbocycles. The Hall–Kier alpha value is -0.990. The molecule has 1 aliphatic heterocycles. The molecule has 3 heteroatoms. The third kappa shape index (κ3) is 1.00. The van der Waals surface area contributed by atoms with E-state index in [1.54, 1.807) is 0 Å². The van der Waals surface area contributed by atoms with Gasteiger partial charge in [-0.15, -0.1) is 0 Å². The minimum absolute atomic E-state index is 0.403. The van der Waals surface area contributed by atoms with Crippen molar-refractivity contribution in [2.45, 2.75) is 25.3 Å². The van der Waals surface area contributed by atoms with Crippen molar-refractivity contribution < 1.29 is 9.90 Å². The van der Waals surface area contributed by atoms with Crippen LogP contribution >= 0.6 is 0 Å². The smallest absolute Gasteiger partial charge is 0.351 e. The van der Waals surface area contributed by atoms with Crippen molar-refractivity contribution in [3.8, 4) is 0 Å². The molecule has 1 heterocycles. The first-order valence-corrected chi connectivity index (χ1v) is 3.99. The average molecular weight is 153 g/mol. The quantitative estimate of drug-likeness (QED) is 0.583. The Bertz CT molecular complexity index is 222. The summed E-state index contributed by atoms with van der Waals surface area (Å²) in [7, 11) is 0.